The number of nitrogens with two attached hydrogens (primary N) is 1. The van der Waals surface area contributed by atoms with Gasteiger partial charge in [0.1, 0.15) is 41.0 Å². The summed E-state index contributed by atoms with van der Waals surface area (Å²) in [4.78, 5) is 10.6. The van der Waals surface area contributed by atoms with Crippen LogP contribution >= 0.6 is 0 Å². The van der Waals surface area contributed by atoms with E-state index in [2.05, 4.69) is 15.5 Å². The molecule has 0 bridgehead atoms. The van der Waals surface area contributed by atoms with Gasteiger partial charge in [-0.05, 0) is 18.2 Å². The van der Waals surface area contributed by atoms with Crippen LogP contribution in [0.15, 0.2) is 45.5 Å². The third-order valence-electron chi connectivity index (χ3n) is 3.61. The van der Waals surface area contributed by atoms with Gasteiger partial charge >= 0.3 is 0 Å². The van der Waals surface area contributed by atoms with Crippen molar-refractivity contribution in [1.29, 1.82) is 0 Å². The number of amides is 1. The first-order valence-electron chi connectivity index (χ1n) is 8.87. The van der Waals surface area contributed by atoms with Gasteiger partial charge in [0, 0.05) is 24.7 Å². The summed E-state index contributed by atoms with van der Waals surface area (Å²) in [5, 5.41) is 28.2. The smallest absolute Gasteiger partial charge is 0.296 e. The number of carbonyl (C=O) groups is 1. The molecule has 2 rings (SSSR count). The van der Waals surface area contributed by atoms with Crippen LogP contribution in [0.4, 0.5) is 22.7 Å². The van der Waals surface area contributed by atoms with Gasteiger partial charge in [-0.1, -0.05) is 0 Å². The Kier molecular flexibility index (Phi) is 8.27. The number of nitrogen functional groups attached to an aromatic ring is 1. The molecular weight excluding hydrogens is 432 g/mol. The molecule has 0 aliphatic rings. The number of anilines is 2. The number of hydrogen-bond donors (Lipinski definition) is 5. The van der Waals surface area contributed by atoms with Crippen molar-refractivity contribution < 1.29 is 37.5 Å². The van der Waals surface area contributed by atoms with Crippen molar-refractivity contribution in [3.05, 3.63) is 30.3 Å². The fraction of sp³-hybridized carbons (Fsp3) is 0.278. The minimum atomic E-state index is -4.69. The lowest BCUT2D eigenvalue weighted by atomic mass is 10.2. The minimum Gasteiger partial charge on any atom is -0.489 e. The third kappa shape index (κ3) is 6.89. The van der Waals surface area contributed by atoms with Crippen LogP contribution in [0.25, 0.3) is 0 Å². The fourth-order valence-electron chi connectivity index (χ4n) is 2.39. The van der Waals surface area contributed by atoms with E-state index in [9.17, 15) is 17.8 Å². The molecule has 13 heteroatoms. The maximum absolute atomic E-state index is 11.8. The van der Waals surface area contributed by atoms with Crippen LogP contribution < -0.4 is 20.5 Å². The number of nitrogens with one attached hydrogen (secondary N) is 1. The van der Waals surface area contributed by atoms with Crippen LogP contribution in [-0.4, -0.2) is 55.5 Å². The van der Waals surface area contributed by atoms with Gasteiger partial charge in [0.15, 0.2) is 0 Å². The Balaban J connectivity index is 2.50. The maximum atomic E-state index is 11.8. The molecule has 0 aliphatic carbocycles. The Morgan fingerprint density at radius 1 is 1.03 bits per heavy atom. The van der Waals surface area contributed by atoms with E-state index in [0.717, 1.165) is 6.07 Å². The van der Waals surface area contributed by atoms with Gasteiger partial charge in [-0.2, -0.15) is 8.42 Å². The summed E-state index contributed by atoms with van der Waals surface area (Å²) in [6, 6.07) is 6.40. The number of aliphatic hydroxyl groups excluding tert-OH is 2. The molecule has 31 heavy (non-hydrogen) atoms. The Morgan fingerprint density at radius 3 is 2.23 bits per heavy atom. The summed E-state index contributed by atoms with van der Waals surface area (Å²) in [5.41, 5.74) is 6.07. The van der Waals surface area contributed by atoms with Crippen LogP contribution in [0.2, 0.25) is 0 Å². The normalized spacial score (nSPS) is 11.5. The number of azo groups is 1. The molecule has 2 aromatic carbocycles. The van der Waals surface area contributed by atoms with Crippen molar-refractivity contribution in [3.63, 3.8) is 0 Å². The molecule has 1 amide bonds. The van der Waals surface area contributed by atoms with Crippen LogP contribution in [0.5, 0.6) is 11.5 Å². The van der Waals surface area contributed by atoms with E-state index in [1.807, 2.05) is 0 Å². The molecule has 6 N–H and O–H groups in total. The first-order valence-corrected chi connectivity index (χ1v) is 10.3. The van der Waals surface area contributed by atoms with E-state index in [1.54, 1.807) is 0 Å². The van der Waals surface area contributed by atoms with Gasteiger partial charge in [-0.3, -0.25) is 9.35 Å². The van der Waals surface area contributed by atoms with Crippen LogP contribution in [0, 0.1) is 0 Å². The lowest BCUT2D eigenvalue weighted by Crippen LogP contribution is -2.07. The number of benzene rings is 2. The minimum absolute atomic E-state index is 0.0326. The largest absolute Gasteiger partial charge is 0.489 e. The zero-order valence-corrected chi connectivity index (χ0v) is 17.3. The number of aliphatic hydroxyl groups is 2. The van der Waals surface area contributed by atoms with E-state index in [1.165, 1.54) is 31.2 Å². The van der Waals surface area contributed by atoms with Crippen molar-refractivity contribution in [2.45, 2.75) is 11.8 Å². The predicted molar refractivity (Wildman–Crippen MR) is 111 cm³/mol. The third-order valence-corrected chi connectivity index (χ3v) is 4.50. The quantitative estimate of drug-likeness (QED) is 0.201. The molecule has 0 aromatic heterocycles. The van der Waals surface area contributed by atoms with E-state index < -0.39 is 20.9 Å². The van der Waals surface area contributed by atoms with Gasteiger partial charge in [0.05, 0.1) is 18.9 Å². The van der Waals surface area contributed by atoms with Gasteiger partial charge < -0.3 is 30.7 Å². The molecule has 0 spiro atoms. The first-order chi connectivity index (χ1) is 14.7. The zero-order valence-electron chi connectivity index (χ0n) is 16.5. The van der Waals surface area contributed by atoms with Crippen LogP contribution in [-0.2, 0) is 14.9 Å². The average Bonchev–Trinajstić information content (AvgIpc) is 2.70. The number of carbonyl (C=O) groups excluding carboxylic acids is 1. The summed E-state index contributed by atoms with van der Waals surface area (Å²) in [6.07, 6.45) is 0. The number of rotatable bonds is 10. The molecular formula is C18H22N4O8S. The van der Waals surface area contributed by atoms with Gasteiger partial charge in [-0.15, -0.1) is 10.2 Å². The van der Waals surface area contributed by atoms with Crippen molar-refractivity contribution in [2.75, 3.05) is 37.5 Å². The van der Waals surface area contributed by atoms with E-state index in [0.29, 0.717) is 0 Å². The van der Waals surface area contributed by atoms with Crippen LogP contribution in [0.3, 0.4) is 0 Å². The standard InChI is InChI=1S/C18H22N4O8S/c1-11(25)20-12-2-3-14(18(8-12)31(26,27)28)21-22-15-10-16(29-6-4-23)13(19)9-17(15)30-7-5-24/h2-3,8-10,23-24H,4-7,19H2,1H3,(H,20,25)(H,26,27,28). The number of ether oxygens (including phenoxy) is 2. The molecule has 168 valence electrons. The van der Waals surface area contributed by atoms with E-state index >= 15 is 0 Å². The Morgan fingerprint density at radius 2 is 1.65 bits per heavy atom. The van der Waals surface area contributed by atoms with Gasteiger partial charge in [0.25, 0.3) is 10.1 Å². The van der Waals surface area contributed by atoms with Crippen molar-refractivity contribution in [1.82, 2.24) is 0 Å². The van der Waals surface area contributed by atoms with Gasteiger partial charge in [-0.25, -0.2) is 0 Å². The molecule has 0 heterocycles. The molecule has 0 radical (unpaired) electrons. The average molecular weight is 454 g/mol. The summed E-state index contributed by atoms with van der Waals surface area (Å²) in [6.45, 7) is 0.607. The second-order valence-corrected chi connectivity index (χ2v) is 7.43. The second-order valence-electron chi connectivity index (χ2n) is 6.04. The van der Waals surface area contributed by atoms with Crippen molar-refractivity contribution >= 4 is 38.8 Å². The molecule has 0 unspecified atom stereocenters. The van der Waals surface area contributed by atoms with Crippen molar-refractivity contribution in [3.8, 4) is 11.5 Å². The Bertz CT molecular complexity index is 1070. The molecule has 0 saturated carbocycles. The predicted octanol–water partition coefficient (Wildman–Crippen LogP) is 1.63. The Labute approximate surface area is 178 Å². The lowest BCUT2D eigenvalue weighted by Gasteiger charge is -2.13. The van der Waals surface area contributed by atoms with Crippen LogP contribution in [0.1, 0.15) is 6.92 Å². The first kappa shape index (κ1) is 24.0. The monoisotopic (exact) mass is 454 g/mol. The lowest BCUT2D eigenvalue weighted by molar-refractivity contribution is -0.114. The second kappa shape index (κ2) is 10.7. The maximum Gasteiger partial charge on any atom is 0.296 e. The molecule has 0 saturated heterocycles. The summed E-state index contributed by atoms with van der Waals surface area (Å²) >= 11 is 0. The van der Waals surface area contributed by atoms with E-state index in [4.69, 9.17) is 25.4 Å². The highest BCUT2D eigenvalue weighted by atomic mass is 32.2. The fourth-order valence-corrected chi connectivity index (χ4v) is 3.04. The summed E-state index contributed by atoms with van der Waals surface area (Å²) in [7, 11) is -4.69. The topological polar surface area (TPSA) is 193 Å². The summed E-state index contributed by atoms with van der Waals surface area (Å²) < 4.78 is 43.7. The zero-order chi connectivity index (χ0) is 23.0. The molecule has 2 aromatic rings. The number of hydrogen-bond acceptors (Lipinski definition) is 10. The highest BCUT2D eigenvalue weighted by molar-refractivity contribution is 7.86. The highest BCUT2D eigenvalue weighted by Gasteiger charge is 2.18. The molecule has 0 aliphatic heterocycles. The molecule has 0 atom stereocenters. The summed E-state index contributed by atoms with van der Waals surface area (Å²) in [5.74, 6) is -0.121. The molecule has 12 nitrogen and oxygen atoms in total. The highest BCUT2D eigenvalue weighted by Crippen LogP contribution is 2.38. The number of nitrogens with zero attached hydrogens (tertiary/aromatic N) is 2. The SMILES string of the molecule is CC(=O)Nc1ccc(N=Nc2cc(OCCO)c(N)cc2OCCO)c(S(=O)(=O)O)c1. The van der Waals surface area contributed by atoms with Crippen molar-refractivity contribution in [2.24, 2.45) is 10.2 Å². The van der Waals surface area contributed by atoms with Gasteiger partial charge in [0.2, 0.25) is 5.91 Å². The Hall–Kier alpha value is -3.26. The molecule has 0 fully saturated rings. The van der Waals surface area contributed by atoms with E-state index in [-0.39, 0.29) is 60.7 Å².